The van der Waals surface area contributed by atoms with Gasteiger partial charge < -0.3 is 50.2 Å². The molecule has 5 atom stereocenters. The van der Waals surface area contributed by atoms with Crippen LogP contribution < -0.4 is 31.1 Å². The van der Waals surface area contributed by atoms with E-state index in [2.05, 4.69) is 67.5 Å². The predicted octanol–water partition coefficient (Wildman–Crippen LogP) is 7.30. The molecule has 4 N–H and O–H groups in total. The highest BCUT2D eigenvalue weighted by Crippen LogP contribution is 2.47. The Bertz CT molecular complexity index is 2300. The van der Waals surface area contributed by atoms with Crippen LogP contribution in [0.3, 0.4) is 0 Å². The standard InChI is InChI=1S/C50H62N8O8/c1-31(2)44(54-49(62)64-5)47(60)53-38-18-11-35(12-19-38)41-23-22-40(58(41)39-20-13-33(14-21-39)36-15-24-43(51-30-36)56-26-28-66-29-27-56)34-9-16-37(17-10-34)52-46(59)42-8-7-25-57(42)48(61)45(32(3)4)55-50(63)65-6/h9-21,24,30-32,40-42,44-45H,7-8,22-23,25-29H2,1-6H3,(H,52,59)(H,53,60)(H,54,62)(H,55,63)/t40-,41-,42-,44-,45-/m0/s1. The number of aromatic nitrogens is 1. The van der Waals surface area contributed by atoms with Crippen molar-refractivity contribution in [3.63, 3.8) is 0 Å². The number of morpholine rings is 1. The summed E-state index contributed by atoms with van der Waals surface area (Å²) in [5, 5.41) is 11.2. The molecule has 0 unspecified atom stereocenters. The normalized spacial score (nSPS) is 19.3. The molecular formula is C50H62N8O8. The van der Waals surface area contributed by atoms with Gasteiger partial charge in [-0.05, 0) is 103 Å². The van der Waals surface area contributed by atoms with E-state index in [1.807, 2.05) is 82.4 Å². The zero-order valence-electron chi connectivity index (χ0n) is 38.6. The van der Waals surface area contributed by atoms with Gasteiger partial charge in [0.15, 0.2) is 0 Å². The minimum atomic E-state index is -0.818. The predicted molar refractivity (Wildman–Crippen MR) is 253 cm³/mol. The van der Waals surface area contributed by atoms with E-state index in [0.29, 0.717) is 44.0 Å². The number of benzene rings is 3. The van der Waals surface area contributed by atoms with Gasteiger partial charge in [-0.1, -0.05) is 64.1 Å². The van der Waals surface area contributed by atoms with Gasteiger partial charge in [-0.3, -0.25) is 14.4 Å². The molecule has 66 heavy (non-hydrogen) atoms. The van der Waals surface area contributed by atoms with Crippen molar-refractivity contribution in [2.75, 3.05) is 67.5 Å². The zero-order valence-corrected chi connectivity index (χ0v) is 38.6. The van der Waals surface area contributed by atoms with Crippen LogP contribution in [0.4, 0.5) is 32.5 Å². The first-order chi connectivity index (χ1) is 31.8. The fourth-order valence-corrected chi connectivity index (χ4v) is 9.11. The highest BCUT2D eigenvalue weighted by Gasteiger charge is 2.39. The number of ether oxygens (including phenoxy) is 3. The van der Waals surface area contributed by atoms with Crippen LogP contribution in [0.15, 0.2) is 91.1 Å². The van der Waals surface area contributed by atoms with Gasteiger partial charge >= 0.3 is 12.2 Å². The topological polar surface area (TPSA) is 184 Å². The number of alkyl carbamates (subject to hydrolysis) is 2. The van der Waals surface area contributed by atoms with E-state index < -0.39 is 30.3 Å². The first-order valence-electron chi connectivity index (χ1n) is 22.8. The number of likely N-dealkylation sites (tertiary alicyclic amines) is 1. The lowest BCUT2D eigenvalue weighted by Crippen LogP contribution is -2.54. The monoisotopic (exact) mass is 902 g/mol. The van der Waals surface area contributed by atoms with E-state index in [0.717, 1.165) is 59.7 Å². The molecule has 1 aromatic heterocycles. The number of pyridine rings is 1. The minimum Gasteiger partial charge on any atom is -0.453 e. The molecule has 16 heteroatoms. The van der Waals surface area contributed by atoms with E-state index in [1.165, 1.54) is 14.2 Å². The molecule has 16 nitrogen and oxygen atoms in total. The first kappa shape index (κ1) is 47.3. The number of anilines is 4. The van der Waals surface area contributed by atoms with Gasteiger partial charge in [-0.2, -0.15) is 0 Å². The molecule has 0 radical (unpaired) electrons. The van der Waals surface area contributed by atoms with Crippen molar-refractivity contribution in [1.29, 1.82) is 0 Å². The number of carbonyl (C=O) groups excluding carboxylic acids is 5. The Kier molecular flexibility index (Phi) is 15.4. The summed E-state index contributed by atoms with van der Waals surface area (Å²) < 4.78 is 15.0. The summed E-state index contributed by atoms with van der Waals surface area (Å²) in [6.07, 6.45) is 3.46. The minimum absolute atomic E-state index is 0.00178. The summed E-state index contributed by atoms with van der Waals surface area (Å²) in [4.78, 5) is 75.5. The molecule has 0 spiro atoms. The molecular weight excluding hydrogens is 841 g/mol. The summed E-state index contributed by atoms with van der Waals surface area (Å²) in [6, 6.07) is 26.2. The largest absolute Gasteiger partial charge is 0.453 e. The van der Waals surface area contributed by atoms with Gasteiger partial charge in [0.1, 0.15) is 23.9 Å². The molecule has 4 heterocycles. The number of hydrogen-bond donors (Lipinski definition) is 4. The summed E-state index contributed by atoms with van der Waals surface area (Å²) in [5.74, 6) is -0.346. The maximum atomic E-state index is 13.7. The molecule has 3 saturated heterocycles. The van der Waals surface area contributed by atoms with Gasteiger partial charge in [0.25, 0.3) is 0 Å². The van der Waals surface area contributed by atoms with Gasteiger partial charge in [-0.15, -0.1) is 0 Å². The molecule has 3 aliphatic rings. The maximum Gasteiger partial charge on any atom is 0.407 e. The number of carbonyl (C=O) groups is 5. The van der Waals surface area contributed by atoms with Crippen molar-refractivity contribution in [2.24, 2.45) is 11.8 Å². The second kappa shape index (κ2) is 21.5. The average Bonchev–Trinajstić information content (AvgIpc) is 4.02. The number of nitrogens with zero attached hydrogens (tertiary/aromatic N) is 4. The quantitative estimate of drug-likeness (QED) is 0.0997. The molecule has 3 fully saturated rings. The van der Waals surface area contributed by atoms with Crippen molar-refractivity contribution in [2.45, 2.75) is 83.6 Å². The Labute approximate surface area is 386 Å². The van der Waals surface area contributed by atoms with E-state index >= 15 is 0 Å². The Morgan fingerprint density at radius 3 is 1.73 bits per heavy atom. The number of rotatable bonds is 14. The number of nitrogens with one attached hydrogen (secondary N) is 4. The van der Waals surface area contributed by atoms with Crippen LogP contribution in [-0.4, -0.2) is 105 Å². The lowest BCUT2D eigenvalue weighted by atomic mass is 10.0. The van der Waals surface area contributed by atoms with Crippen LogP contribution in [0.1, 0.15) is 76.6 Å². The van der Waals surface area contributed by atoms with E-state index in [1.54, 1.807) is 4.90 Å². The summed E-state index contributed by atoms with van der Waals surface area (Å²) >= 11 is 0. The molecule has 0 saturated carbocycles. The molecule has 5 amide bonds. The second-order valence-corrected chi connectivity index (χ2v) is 17.7. The Morgan fingerprint density at radius 1 is 0.652 bits per heavy atom. The molecule has 7 rings (SSSR count). The van der Waals surface area contributed by atoms with Crippen molar-refractivity contribution < 1.29 is 38.2 Å². The number of amides is 5. The van der Waals surface area contributed by atoms with Crippen LogP contribution in [0, 0.1) is 11.8 Å². The Balaban J connectivity index is 1.10. The molecule has 0 bridgehead atoms. The first-order valence-corrected chi connectivity index (χ1v) is 22.8. The van der Waals surface area contributed by atoms with Crippen molar-refractivity contribution in [3.05, 3.63) is 102 Å². The van der Waals surface area contributed by atoms with Crippen LogP contribution in [0.2, 0.25) is 0 Å². The SMILES string of the molecule is COC(=O)N[C@H](C(=O)Nc1ccc([C@@H]2CC[C@@H](c3ccc(NC(=O)[C@@H]4CCCN4C(=O)[C@@H](NC(=O)OC)C(C)C)cc3)N2c2ccc(-c3ccc(N4CCOCC4)nc3)cc2)cc1)C(C)C. The fraction of sp³-hybridized carbons (Fsp3) is 0.440. The third kappa shape index (κ3) is 11.0. The summed E-state index contributed by atoms with van der Waals surface area (Å²) in [5.41, 5.74) is 6.50. The third-order valence-electron chi connectivity index (χ3n) is 12.7. The fourth-order valence-electron chi connectivity index (χ4n) is 9.11. The van der Waals surface area contributed by atoms with E-state index in [-0.39, 0.29) is 41.6 Å². The third-order valence-corrected chi connectivity index (χ3v) is 12.7. The average molecular weight is 903 g/mol. The van der Waals surface area contributed by atoms with Gasteiger partial charge in [-0.25, -0.2) is 14.6 Å². The highest BCUT2D eigenvalue weighted by molar-refractivity contribution is 5.99. The maximum absolute atomic E-state index is 13.7. The van der Waals surface area contributed by atoms with Crippen LogP contribution in [-0.2, 0) is 28.6 Å². The van der Waals surface area contributed by atoms with Crippen molar-refractivity contribution in [3.8, 4) is 11.1 Å². The smallest absolute Gasteiger partial charge is 0.407 e. The molecule has 4 aromatic rings. The second-order valence-electron chi connectivity index (χ2n) is 17.7. The van der Waals surface area contributed by atoms with Crippen LogP contribution >= 0.6 is 0 Å². The lowest BCUT2D eigenvalue weighted by Gasteiger charge is -2.33. The molecule has 0 aliphatic carbocycles. The zero-order chi connectivity index (χ0) is 46.9. The van der Waals surface area contributed by atoms with Crippen molar-refractivity contribution in [1.82, 2.24) is 20.5 Å². The van der Waals surface area contributed by atoms with E-state index in [9.17, 15) is 24.0 Å². The van der Waals surface area contributed by atoms with Crippen molar-refractivity contribution >= 4 is 52.8 Å². The van der Waals surface area contributed by atoms with Crippen LogP contribution in [0.5, 0.6) is 0 Å². The van der Waals surface area contributed by atoms with E-state index in [4.69, 9.17) is 19.2 Å². The highest BCUT2D eigenvalue weighted by atomic mass is 16.5. The molecule has 3 aromatic carbocycles. The van der Waals surface area contributed by atoms with Gasteiger partial charge in [0.05, 0.1) is 39.5 Å². The lowest BCUT2D eigenvalue weighted by molar-refractivity contribution is -0.139. The molecule has 350 valence electrons. The van der Waals surface area contributed by atoms with Crippen LogP contribution in [0.25, 0.3) is 11.1 Å². The van der Waals surface area contributed by atoms with Gasteiger partial charge in [0.2, 0.25) is 17.7 Å². The van der Waals surface area contributed by atoms with Gasteiger partial charge in [0, 0.05) is 48.5 Å². The number of hydrogen-bond acceptors (Lipinski definition) is 11. The Morgan fingerprint density at radius 2 is 1.20 bits per heavy atom. The summed E-state index contributed by atoms with van der Waals surface area (Å²) in [6.45, 7) is 10.8. The number of methoxy groups -OCH3 is 2. The summed E-state index contributed by atoms with van der Waals surface area (Å²) in [7, 11) is 2.52. The Hall–Kier alpha value is -6.68. The molecule has 3 aliphatic heterocycles.